The number of carbonyl (C=O) groups excluding carboxylic acids is 1. The number of benzene rings is 1. The van der Waals surface area contributed by atoms with Gasteiger partial charge in [0.05, 0.1) is 10.9 Å². The Morgan fingerprint density at radius 1 is 1.15 bits per heavy atom. The van der Waals surface area contributed by atoms with Crippen LogP contribution in [0.15, 0.2) is 29.2 Å². The molecule has 0 aliphatic carbocycles. The molecule has 4 rings (SSSR count). The molecule has 3 heterocycles. The fourth-order valence-electron chi connectivity index (χ4n) is 3.27. The van der Waals surface area contributed by atoms with Gasteiger partial charge in [-0.15, -0.1) is 0 Å². The molecule has 20 heavy (non-hydrogen) atoms. The minimum absolute atomic E-state index is 0.00779. The van der Waals surface area contributed by atoms with E-state index in [2.05, 4.69) is 4.90 Å². The van der Waals surface area contributed by atoms with Crippen molar-refractivity contribution in [2.45, 2.75) is 30.2 Å². The molecule has 5 heteroatoms. The highest BCUT2D eigenvalue weighted by Crippen LogP contribution is 2.30. The monoisotopic (exact) mass is 293 g/mol. The number of ketones is 1. The first kappa shape index (κ1) is 13.8. The second-order valence-electron chi connectivity index (χ2n) is 5.85. The van der Waals surface area contributed by atoms with Gasteiger partial charge in [-0.1, -0.05) is 12.1 Å². The third-order valence-electron chi connectivity index (χ3n) is 4.48. The van der Waals surface area contributed by atoms with Crippen LogP contribution in [0, 0.1) is 5.92 Å². The molecule has 1 aromatic carbocycles. The number of piperidine rings is 3. The van der Waals surface area contributed by atoms with Crippen LogP contribution in [0.3, 0.4) is 0 Å². The molecule has 1 atom stereocenters. The van der Waals surface area contributed by atoms with Gasteiger partial charge in [0, 0.05) is 12.2 Å². The normalized spacial score (nSPS) is 29.6. The lowest BCUT2D eigenvalue weighted by atomic mass is 9.80. The van der Waals surface area contributed by atoms with Crippen LogP contribution in [0.5, 0.6) is 0 Å². The van der Waals surface area contributed by atoms with Crippen molar-refractivity contribution in [2.24, 2.45) is 5.92 Å². The van der Waals surface area contributed by atoms with Crippen LogP contribution >= 0.6 is 0 Å². The summed E-state index contributed by atoms with van der Waals surface area (Å²) in [6, 6.07) is 6.91. The molecule has 0 aromatic heterocycles. The molecule has 0 saturated carbocycles. The highest BCUT2D eigenvalue weighted by Gasteiger charge is 2.40. The Hall–Kier alpha value is -1.20. The second kappa shape index (κ2) is 4.97. The van der Waals surface area contributed by atoms with Crippen LogP contribution < -0.4 is 0 Å². The molecule has 1 aromatic rings. The Bertz CT molecular complexity index is 613. The Morgan fingerprint density at radius 2 is 1.75 bits per heavy atom. The van der Waals surface area contributed by atoms with Crippen molar-refractivity contribution < 1.29 is 13.2 Å². The number of fused-ring (bicyclic) bond motifs is 3. The number of rotatable bonds is 3. The molecule has 1 unspecified atom stereocenters. The van der Waals surface area contributed by atoms with E-state index in [1.165, 1.54) is 6.26 Å². The lowest BCUT2D eigenvalue weighted by Crippen LogP contribution is -2.56. The van der Waals surface area contributed by atoms with Crippen LogP contribution in [0.1, 0.15) is 18.4 Å². The van der Waals surface area contributed by atoms with E-state index in [1.807, 2.05) is 12.1 Å². The molecule has 0 N–H and O–H groups in total. The summed E-state index contributed by atoms with van der Waals surface area (Å²) in [5.74, 6) is 0.620. The predicted octanol–water partition coefficient (Wildman–Crippen LogP) is 1.30. The van der Waals surface area contributed by atoms with Crippen LogP contribution in [0.25, 0.3) is 0 Å². The van der Waals surface area contributed by atoms with Gasteiger partial charge < -0.3 is 0 Å². The van der Waals surface area contributed by atoms with Gasteiger partial charge in [-0.2, -0.15) is 0 Å². The Labute approximate surface area is 119 Å². The maximum absolute atomic E-state index is 12.3. The zero-order valence-corrected chi connectivity index (χ0v) is 12.4. The Kier molecular flexibility index (Phi) is 3.42. The fourth-order valence-corrected chi connectivity index (χ4v) is 3.90. The number of nitrogens with zero attached hydrogens (tertiary/aromatic N) is 1. The summed E-state index contributed by atoms with van der Waals surface area (Å²) >= 11 is 0. The average molecular weight is 293 g/mol. The minimum Gasteiger partial charge on any atom is -0.298 e. The SMILES string of the molecule is CS(=O)(=O)c1ccc(CC2C(=O)C3CCN2CC3)cc1. The van der Waals surface area contributed by atoms with Crippen molar-refractivity contribution in [3.8, 4) is 0 Å². The number of carbonyl (C=O) groups is 1. The minimum atomic E-state index is -3.15. The Balaban J connectivity index is 1.77. The first-order chi connectivity index (χ1) is 9.45. The second-order valence-corrected chi connectivity index (χ2v) is 7.86. The van der Waals surface area contributed by atoms with Gasteiger partial charge in [-0.3, -0.25) is 9.69 Å². The standard InChI is InChI=1S/C15H19NO3S/c1-20(18,19)13-4-2-11(3-5-13)10-14-15(17)12-6-8-16(14)9-7-12/h2-5,12,14H,6-10H2,1H3. The van der Waals surface area contributed by atoms with Crippen LogP contribution in [0.2, 0.25) is 0 Å². The van der Waals surface area contributed by atoms with E-state index >= 15 is 0 Å². The molecule has 0 radical (unpaired) electrons. The number of sulfone groups is 1. The van der Waals surface area contributed by atoms with Crippen LogP contribution in [-0.4, -0.2) is 44.5 Å². The molecule has 0 amide bonds. The number of hydrogen-bond acceptors (Lipinski definition) is 4. The van der Waals surface area contributed by atoms with E-state index in [9.17, 15) is 13.2 Å². The van der Waals surface area contributed by atoms with E-state index in [1.54, 1.807) is 12.1 Å². The molecule has 2 bridgehead atoms. The average Bonchev–Trinajstić information content (AvgIpc) is 2.43. The van der Waals surface area contributed by atoms with Gasteiger partial charge in [0.15, 0.2) is 15.6 Å². The molecular formula is C15H19NO3S. The van der Waals surface area contributed by atoms with Gasteiger partial charge >= 0.3 is 0 Å². The number of Topliss-reactive ketones (excluding diaryl/α,β-unsaturated/α-hetero) is 1. The van der Waals surface area contributed by atoms with Crippen LogP contribution in [0.4, 0.5) is 0 Å². The topological polar surface area (TPSA) is 54.5 Å². The molecule has 0 spiro atoms. The van der Waals surface area contributed by atoms with Crippen molar-refractivity contribution in [3.05, 3.63) is 29.8 Å². The molecule has 3 aliphatic heterocycles. The van der Waals surface area contributed by atoms with Crippen molar-refractivity contribution in [3.63, 3.8) is 0 Å². The zero-order valence-electron chi connectivity index (χ0n) is 11.6. The summed E-state index contributed by atoms with van der Waals surface area (Å²) in [6.45, 7) is 2.03. The fraction of sp³-hybridized carbons (Fsp3) is 0.533. The van der Waals surface area contributed by atoms with E-state index in [0.29, 0.717) is 17.1 Å². The van der Waals surface area contributed by atoms with Gasteiger partial charge in [-0.05, 0) is 50.0 Å². The lowest BCUT2D eigenvalue weighted by molar-refractivity contribution is -0.136. The first-order valence-corrected chi connectivity index (χ1v) is 8.91. The summed E-state index contributed by atoms with van der Waals surface area (Å²) < 4.78 is 22.9. The molecular weight excluding hydrogens is 274 g/mol. The van der Waals surface area contributed by atoms with Gasteiger partial charge in [0.2, 0.25) is 0 Å². The van der Waals surface area contributed by atoms with E-state index < -0.39 is 9.84 Å². The third kappa shape index (κ3) is 2.52. The van der Waals surface area contributed by atoms with Gasteiger partial charge in [-0.25, -0.2) is 8.42 Å². The maximum Gasteiger partial charge on any atom is 0.175 e. The zero-order chi connectivity index (χ0) is 14.3. The summed E-state index contributed by atoms with van der Waals surface area (Å²) in [7, 11) is -3.15. The molecule has 108 valence electrons. The molecule has 3 fully saturated rings. The molecule has 3 saturated heterocycles. The van der Waals surface area contributed by atoms with Gasteiger partial charge in [0.1, 0.15) is 0 Å². The predicted molar refractivity (Wildman–Crippen MR) is 76.3 cm³/mol. The summed E-state index contributed by atoms with van der Waals surface area (Å²) in [5.41, 5.74) is 1.03. The molecule has 4 nitrogen and oxygen atoms in total. The Morgan fingerprint density at radius 3 is 2.25 bits per heavy atom. The summed E-state index contributed by atoms with van der Waals surface area (Å²) in [5, 5.41) is 0. The van der Waals surface area contributed by atoms with Crippen molar-refractivity contribution in [1.29, 1.82) is 0 Å². The van der Waals surface area contributed by atoms with E-state index in [-0.39, 0.29) is 12.0 Å². The summed E-state index contributed by atoms with van der Waals surface area (Å²) in [4.78, 5) is 14.9. The largest absolute Gasteiger partial charge is 0.298 e. The lowest BCUT2D eigenvalue weighted by Gasteiger charge is -2.44. The van der Waals surface area contributed by atoms with E-state index in [0.717, 1.165) is 31.5 Å². The third-order valence-corrected chi connectivity index (χ3v) is 5.61. The van der Waals surface area contributed by atoms with Gasteiger partial charge in [0.25, 0.3) is 0 Å². The molecule has 3 aliphatic rings. The van der Waals surface area contributed by atoms with E-state index in [4.69, 9.17) is 0 Å². The maximum atomic E-state index is 12.3. The smallest absolute Gasteiger partial charge is 0.175 e. The highest BCUT2D eigenvalue weighted by atomic mass is 32.2. The van der Waals surface area contributed by atoms with Crippen LogP contribution in [-0.2, 0) is 21.1 Å². The quantitative estimate of drug-likeness (QED) is 0.843. The first-order valence-electron chi connectivity index (χ1n) is 7.02. The van der Waals surface area contributed by atoms with Crippen molar-refractivity contribution >= 4 is 15.6 Å². The number of hydrogen-bond donors (Lipinski definition) is 0. The summed E-state index contributed by atoms with van der Waals surface area (Å²) in [6.07, 6.45) is 3.90. The highest BCUT2D eigenvalue weighted by molar-refractivity contribution is 7.90. The van der Waals surface area contributed by atoms with Crippen molar-refractivity contribution in [1.82, 2.24) is 4.90 Å². The van der Waals surface area contributed by atoms with Crippen molar-refractivity contribution in [2.75, 3.05) is 19.3 Å².